The third-order valence-electron chi connectivity index (χ3n) is 20.4. The first-order valence-corrected chi connectivity index (χ1v) is 48.1. The predicted octanol–water partition coefficient (Wildman–Crippen LogP) is 41.4. The summed E-state index contributed by atoms with van der Waals surface area (Å²) in [5.74, 6) is 0. The van der Waals surface area contributed by atoms with Crippen LogP contribution in [0.2, 0.25) is 0 Å². The fourth-order valence-electron chi connectivity index (χ4n) is 13.9. The van der Waals surface area contributed by atoms with Gasteiger partial charge in [-0.1, -0.05) is 510 Å². The molecule has 18 aromatic rings. The van der Waals surface area contributed by atoms with Crippen molar-refractivity contribution in [3.05, 3.63) is 428 Å². The van der Waals surface area contributed by atoms with Crippen molar-refractivity contribution in [2.45, 2.75) is 263 Å². The van der Waals surface area contributed by atoms with E-state index in [0.717, 1.165) is 0 Å². The molecule has 0 N–H and O–H groups in total. The van der Waals surface area contributed by atoms with Crippen LogP contribution >= 0.6 is 0 Å². The zero-order valence-corrected chi connectivity index (χ0v) is 87.2. The molecule has 0 fully saturated rings. The lowest BCUT2D eigenvalue weighted by Crippen LogP contribution is -1.87. The normalized spacial score (nSPS) is 9.33. The van der Waals surface area contributed by atoms with Gasteiger partial charge in [0, 0.05) is 0 Å². The Morgan fingerprint density at radius 1 is 0.102 bits per heavy atom. The van der Waals surface area contributed by atoms with Crippen molar-refractivity contribution in [3.8, 4) is 0 Å². The first-order valence-electron chi connectivity index (χ1n) is 48.1. The monoisotopic (exact) mass is 1710 g/mol. The Hall–Kier alpha value is -11.7. The summed E-state index contributed by atoms with van der Waals surface area (Å²) in [7, 11) is 0. The van der Waals surface area contributed by atoms with Crippen LogP contribution in [0.5, 0.6) is 0 Å². The van der Waals surface area contributed by atoms with Gasteiger partial charge < -0.3 is 0 Å². The lowest BCUT2D eigenvalue weighted by molar-refractivity contribution is 1.34. The van der Waals surface area contributed by atoms with Crippen LogP contribution in [0.15, 0.2) is 328 Å². The van der Waals surface area contributed by atoms with Crippen LogP contribution in [-0.4, -0.2) is 0 Å². The molecule has 128 heavy (non-hydrogen) atoms. The first kappa shape index (κ1) is 116. The summed E-state index contributed by atoms with van der Waals surface area (Å²) in [4.78, 5) is 0. The molecule has 0 aliphatic rings. The van der Waals surface area contributed by atoms with Crippen LogP contribution in [0.3, 0.4) is 0 Å². The maximum Gasteiger partial charge on any atom is -0.0105 e. The predicted molar refractivity (Wildman–Crippen MR) is 594 cm³/mol. The SMILES string of the molecule is CC.CC.CC.CC.CC.CC.CC.CC.CC.CC.Cc1c2ccccc2c(C)c2ccccc12.Cc1ccc(C)c2ccccc12.Cc1ccc(C)cc1.Cc1ccc2c(ccc3cc(C)ccc32)c1.Cc1ccc2cc(C)ccc2c1.Cc1ccc2cc3cc(C)ccc3cc2c1.Cc1cccc(C)c1.Cc1cccc2c(C)cccc12.Cc1ccccc1C. The van der Waals surface area contributed by atoms with Gasteiger partial charge in [-0.25, -0.2) is 0 Å². The fourth-order valence-corrected chi connectivity index (χ4v) is 13.9. The van der Waals surface area contributed by atoms with E-state index in [-0.39, 0.29) is 0 Å². The van der Waals surface area contributed by atoms with Crippen molar-refractivity contribution in [3.63, 3.8) is 0 Å². The third kappa shape index (κ3) is 38.1. The van der Waals surface area contributed by atoms with Gasteiger partial charge in [0.1, 0.15) is 0 Å². The Bertz CT molecular complexity index is 5600. The molecule has 0 aromatic heterocycles. The van der Waals surface area contributed by atoms with Crippen molar-refractivity contribution in [1.82, 2.24) is 0 Å². The molecule has 0 aliphatic carbocycles. The summed E-state index contributed by atoms with van der Waals surface area (Å²) < 4.78 is 0. The summed E-state index contributed by atoms with van der Waals surface area (Å²) >= 11 is 0. The smallest absolute Gasteiger partial charge is 0.0105 e. The van der Waals surface area contributed by atoms with E-state index in [4.69, 9.17) is 0 Å². The standard InChI is InChI=1S/3C16H14.3C12H12.3C8H10.10C2H6/c1-11-3-7-15-13(9-11)5-6-14-10-12(2)4-8-16(14)15;1-11-3-5-13-10-16-8-12(2)4-6-14(16)9-15(13)7-11;1-11-13-7-3-5-9-15(13)12(2)16-10-6-4-8-14(11)16;1-9-3-5-12-8-10(2)4-6-11(12)7-9;1-9-5-3-8-12-10(2)6-4-7-11(9)12;1-9-7-8-10(2)12-6-4-3-5-11(9)12;1-7-3-5-8(2)6-4-7;1-7-4-3-5-8(2)6-7;1-7-5-3-4-6-8(7)2;10*1-2/h3*3-10H,1-2H3;3*3-8H,1-2H3;3*3-6H,1-2H3;10*1-2H3. The van der Waals surface area contributed by atoms with Crippen LogP contribution in [0, 0.1) is 125 Å². The van der Waals surface area contributed by atoms with Gasteiger partial charge in [0.2, 0.25) is 0 Å². The Balaban J connectivity index is 0.00000139. The molecule has 0 radical (unpaired) electrons. The van der Waals surface area contributed by atoms with E-state index >= 15 is 0 Å². The highest BCUT2D eigenvalue weighted by molar-refractivity contribution is 6.08. The molecule has 0 nitrogen and oxygen atoms in total. The molecule has 18 aromatic carbocycles. The van der Waals surface area contributed by atoms with Crippen LogP contribution in [0.25, 0.3) is 97.0 Å². The molecule has 0 heterocycles. The van der Waals surface area contributed by atoms with Crippen molar-refractivity contribution < 1.29 is 0 Å². The quantitative estimate of drug-likeness (QED) is 0.105. The van der Waals surface area contributed by atoms with Gasteiger partial charge in [-0.2, -0.15) is 0 Å². The summed E-state index contributed by atoms with van der Waals surface area (Å²) in [6, 6.07) is 117. The average Bonchev–Trinajstić information content (AvgIpc) is 0.746. The minimum Gasteiger partial charge on any atom is -0.0683 e. The summed E-state index contributed by atoms with van der Waals surface area (Å²) in [6.07, 6.45) is 0. The summed E-state index contributed by atoms with van der Waals surface area (Å²) in [5, 5.41) is 24.3. The highest BCUT2D eigenvalue weighted by atomic mass is 14.1. The second-order valence-corrected chi connectivity index (χ2v) is 29.7. The molecule has 0 spiro atoms. The van der Waals surface area contributed by atoms with Crippen molar-refractivity contribution in [2.75, 3.05) is 0 Å². The first-order chi connectivity index (χ1) is 62.0. The minimum atomic E-state index is 1.32. The maximum absolute atomic E-state index is 2.27. The largest absolute Gasteiger partial charge is 0.0683 e. The van der Waals surface area contributed by atoms with E-state index in [0.29, 0.717) is 0 Å². The lowest BCUT2D eigenvalue weighted by atomic mass is 9.93. The average molecular weight is 1710 g/mol. The molecule has 0 unspecified atom stereocenters. The van der Waals surface area contributed by atoms with Gasteiger partial charge in [0.05, 0.1) is 0 Å². The number of rotatable bonds is 0. The van der Waals surface area contributed by atoms with Crippen LogP contribution < -0.4 is 0 Å². The zero-order valence-electron chi connectivity index (χ0n) is 87.2. The molecule has 0 amide bonds. The van der Waals surface area contributed by atoms with E-state index in [1.54, 1.807) is 0 Å². The van der Waals surface area contributed by atoms with Gasteiger partial charge in [-0.05, 0) is 278 Å². The van der Waals surface area contributed by atoms with Crippen LogP contribution in [0.1, 0.15) is 239 Å². The van der Waals surface area contributed by atoms with E-state index in [2.05, 4.69) is 452 Å². The van der Waals surface area contributed by atoms with Gasteiger partial charge in [0.15, 0.2) is 0 Å². The van der Waals surface area contributed by atoms with Crippen molar-refractivity contribution in [2.24, 2.45) is 0 Å². The number of hydrogen-bond acceptors (Lipinski definition) is 0. The maximum atomic E-state index is 2.27. The Morgan fingerprint density at radius 2 is 0.281 bits per heavy atom. The molecule has 18 rings (SSSR count). The summed E-state index contributed by atoms with van der Waals surface area (Å²) in [5.41, 5.74) is 24.2. The van der Waals surface area contributed by atoms with Gasteiger partial charge in [-0.3, -0.25) is 0 Å². The Morgan fingerprint density at radius 3 is 0.539 bits per heavy atom. The summed E-state index contributed by atoms with van der Waals surface area (Å²) in [6.45, 7) is 78.5. The number of benzene rings is 18. The molecule has 0 saturated carbocycles. The second kappa shape index (κ2) is 66.7. The Labute approximate surface area is 782 Å². The molecule has 0 heteroatoms. The van der Waals surface area contributed by atoms with Crippen LogP contribution in [0.4, 0.5) is 0 Å². The highest BCUT2D eigenvalue weighted by Crippen LogP contribution is 2.33. The van der Waals surface area contributed by atoms with Gasteiger partial charge in [-0.15, -0.1) is 0 Å². The van der Waals surface area contributed by atoms with E-state index in [9.17, 15) is 0 Å². The molecule has 680 valence electrons. The third-order valence-corrected chi connectivity index (χ3v) is 20.4. The highest BCUT2D eigenvalue weighted by Gasteiger charge is 2.08. The van der Waals surface area contributed by atoms with E-state index < -0.39 is 0 Å². The Kier molecular flexibility index (Phi) is 60.6. The molecule has 0 bridgehead atoms. The molecular weight excluding hydrogens is 1540 g/mol. The van der Waals surface area contributed by atoms with E-state index in [1.807, 2.05) is 138 Å². The molecule has 0 atom stereocenters. The minimum absolute atomic E-state index is 1.32. The van der Waals surface area contributed by atoms with Crippen molar-refractivity contribution in [1.29, 1.82) is 0 Å². The molecule has 0 aliphatic heterocycles. The lowest BCUT2D eigenvalue weighted by Gasteiger charge is -2.11. The van der Waals surface area contributed by atoms with Gasteiger partial charge in [0.25, 0.3) is 0 Å². The zero-order chi connectivity index (χ0) is 97.0. The van der Waals surface area contributed by atoms with E-state index in [1.165, 1.54) is 197 Å². The topological polar surface area (TPSA) is 0 Å². The number of hydrogen-bond donors (Lipinski definition) is 0. The number of fused-ring (bicyclic) bond motifs is 10. The van der Waals surface area contributed by atoms with Crippen molar-refractivity contribution >= 4 is 97.0 Å². The van der Waals surface area contributed by atoms with Gasteiger partial charge >= 0.3 is 0 Å². The number of aryl methyl sites for hydroxylation is 18. The second-order valence-electron chi connectivity index (χ2n) is 29.7. The fraction of sp³-hybridized carbons (Fsp3) is 0.297. The van der Waals surface area contributed by atoms with Crippen LogP contribution in [-0.2, 0) is 0 Å². The molecular formula is C128H168. The molecule has 0 saturated heterocycles.